The zero-order valence-corrected chi connectivity index (χ0v) is 22.2. The molecule has 0 aromatic heterocycles. The lowest BCUT2D eigenvalue weighted by atomic mass is 10.1. The minimum atomic E-state index is -0.0206. The molecule has 1 saturated carbocycles. The number of carbonyl (C=O) groups is 1. The number of amides is 1. The molecule has 0 spiro atoms. The van der Waals surface area contributed by atoms with E-state index in [0.717, 1.165) is 29.2 Å². The van der Waals surface area contributed by atoms with E-state index in [2.05, 4.69) is 40.7 Å². The van der Waals surface area contributed by atoms with Crippen molar-refractivity contribution in [3.63, 3.8) is 0 Å². The van der Waals surface area contributed by atoms with Gasteiger partial charge in [-0.05, 0) is 55.0 Å². The average molecular weight is 566 g/mol. The number of aryl methyl sites for hydroxylation is 1. The van der Waals surface area contributed by atoms with Crippen LogP contribution in [0.1, 0.15) is 29.5 Å². The molecule has 2 aromatic rings. The van der Waals surface area contributed by atoms with Gasteiger partial charge in [-0.1, -0.05) is 24.3 Å². The van der Waals surface area contributed by atoms with Gasteiger partial charge in [-0.2, -0.15) is 0 Å². The van der Waals surface area contributed by atoms with Gasteiger partial charge in [0.15, 0.2) is 5.96 Å². The zero-order chi connectivity index (χ0) is 22.9. The Morgan fingerprint density at radius 2 is 1.85 bits per heavy atom. The Balaban J connectivity index is 0.00000385. The van der Waals surface area contributed by atoms with Gasteiger partial charge in [0.05, 0.1) is 26.8 Å². The SMILES string of the molecule is COc1ccc(CN=C(NCC(=O)N(C)C)NCc2ccc(C)cc2OCC2CC2)cc1.I. The van der Waals surface area contributed by atoms with E-state index in [4.69, 9.17) is 9.47 Å². The van der Waals surface area contributed by atoms with Crippen LogP contribution in [0.5, 0.6) is 11.5 Å². The molecule has 0 bridgehead atoms. The van der Waals surface area contributed by atoms with Crippen LogP contribution in [-0.4, -0.2) is 51.1 Å². The van der Waals surface area contributed by atoms with Crippen molar-refractivity contribution in [3.05, 3.63) is 59.2 Å². The van der Waals surface area contributed by atoms with E-state index in [1.807, 2.05) is 24.3 Å². The number of hydrogen-bond donors (Lipinski definition) is 2. The number of benzene rings is 2. The Bertz CT molecular complexity index is 928. The van der Waals surface area contributed by atoms with Crippen LogP contribution in [-0.2, 0) is 17.9 Å². The largest absolute Gasteiger partial charge is 0.497 e. The van der Waals surface area contributed by atoms with E-state index in [1.54, 1.807) is 26.1 Å². The van der Waals surface area contributed by atoms with Gasteiger partial charge < -0.3 is 25.0 Å². The number of halogens is 1. The molecular formula is C25H35IN4O3. The molecule has 180 valence electrons. The maximum atomic E-state index is 12.1. The van der Waals surface area contributed by atoms with Crippen molar-refractivity contribution in [3.8, 4) is 11.5 Å². The third-order valence-corrected chi connectivity index (χ3v) is 5.33. The molecule has 0 heterocycles. The monoisotopic (exact) mass is 566 g/mol. The fraction of sp³-hybridized carbons (Fsp3) is 0.440. The first-order chi connectivity index (χ1) is 15.4. The van der Waals surface area contributed by atoms with Crippen LogP contribution in [0.3, 0.4) is 0 Å². The molecular weight excluding hydrogens is 531 g/mol. The summed E-state index contributed by atoms with van der Waals surface area (Å²) >= 11 is 0. The number of carbonyl (C=O) groups excluding carboxylic acids is 1. The van der Waals surface area contributed by atoms with Crippen LogP contribution in [0, 0.1) is 12.8 Å². The summed E-state index contributed by atoms with van der Waals surface area (Å²) in [5.74, 6) is 2.96. The molecule has 0 saturated heterocycles. The molecule has 1 aliphatic carbocycles. The average Bonchev–Trinajstić information content (AvgIpc) is 3.62. The second kappa shape index (κ2) is 13.3. The lowest BCUT2D eigenvalue weighted by molar-refractivity contribution is -0.127. The number of rotatable bonds is 10. The summed E-state index contributed by atoms with van der Waals surface area (Å²) in [7, 11) is 5.12. The number of ether oxygens (including phenoxy) is 2. The smallest absolute Gasteiger partial charge is 0.241 e. The summed E-state index contributed by atoms with van der Waals surface area (Å²) in [5.41, 5.74) is 3.28. The predicted molar refractivity (Wildman–Crippen MR) is 142 cm³/mol. The molecule has 33 heavy (non-hydrogen) atoms. The highest BCUT2D eigenvalue weighted by molar-refractivity contribution is 14.0. The van der Waals surface area contributed by atoms with E-state index < -0.39 is 0 Å². The number of nitrogens with one attached hydrogen (secondary N) is 2. The van der Waals surface area contributed by atoms with Crippen molar-refractivity contribution < 1.29 is 14.3 Å². The van der Waals surface area contributed by atoms with Gasteiger partial charge in [0.25, 0.3) is 0 Å². The minimum absolute atomic E-state index is 0. The predicted octanol–water partition coefficient (Wildman–Crippen LogP) is 3.73. The van der Waals surface area contributed by atoms with Gasteiger partial charge in [0.1, 0.15) is 11.5 Å². The number of likely N-dealkylation sites (N-methyl/N-ethyl adjacent to an activating group) is 1. The molecule has 0 unspecified atom stereocenters. The Kier molecular flexibility index (Phi) is 10.8. The highest BCUT2D eigenvalue weighted by atomic mass is 127. The van der Waals surface area contributed by atoms with E-state index in [-0.39, 0.29) is 36.4 Å². The van der Waals surface area contributed by atoms with Crippen LogP contribution < -0.4 is 20.1 Å². The molecule has 0 aliphatic heterocycles. The van der Waals surface area contributed by atoms with E-state index in [1.165, 1.54) is 18.4 Å². The first-order valence-electron chi connectivity index (χ1n) is 11.0. The summed E-state index contributed by atoms with van der Waals surface area (Å²) in [4.78, 5) is 18.3. The van der Waals surface area contributed by atoms with Crippen LogP contribution in [0.2, 0.25) is 0 Å². The highest BCUT2D eigenvalue weighted by Gasteiger charge is 2.22. The lowest BCUT2D eigenvalue weighted by Gasteiger charge is -2.17. The summed E-state index contributed by atoms with van der Waals surface area (Å²) in [6, 6.07) is 14.0. The Morgan fingerprint density at radius 1 is 1.12 bits per heavy atom. The number of aliphatic imine (C=N–C) groups is 1. The maximum Gasteiger partial charge on any atom is 0.241 e. The number of hydrogen-bond acceptors (Lipinski definition) is 4. The minimum Gasteiger partial charge on any atom is -0.497 e. The van der Waals surface area contributed by atoms with E-state index in [9.17, 15) is 4.79 Å². The van der Waals surface area contributed by atoms with Crippen LogP contribution >= 0.6 is 24.0 Å². The second-order valence-electron chi connectivity index (χ2n) is 8.37. The molecule has 7 nitrogen and oxygen atoms in total. The molecule has 8 heteroatoms. The maximum absolute atomic E-state index is 12.1. The van der Waals surface area contributed by atoms with E-state index >= 15 is 0 Å². The molecule has 1 amide bonds. The standard InChI is InChI=1S/C25H34N4O3.HI/c1-18-5-10-21(23(13-18)32-17-20-6-7-20)15-27-25(28-16-24(30)29(2)3)26-14-19-8-11-22(31-4)12-9-19;/h5,8-13,20H,6-7,14-17H2,1-4H3,(H2,26,27,28);1H. The quantitative estimate of drug-likeness (QED) is 0.261. The summed E-state index contributed by atoms with van der Waals surface area (Å²) in [5, 5.41) is 6.49. The van der Waals surface area contributed by atoms with Crippen molar-refractivity contribution in [2.75, 3.05) is 34.4 Å². The summed E-state index contributed by atoms with van der Waals surface area (Å²) in [6.07, 6.45) is 2.51. The van der Waals surface area contributed by atoms with Gasteiger partial charge in [0.2, 0.25) is 5.91 Å². The van der Waals surface area contributed by atoms with Crippen LogP contribution in [0.15, 0.2) is 47.5 Å². The van der Waals surface area contributed by atoms with Gasteiger partial charge in [-0.25, -0.2) is 4.99 Å². The number of methoxy groups -OCH3 is 1. The van der Waals surface area contributed by atoms with Gasteiger partial charge in [-0.3, -0.25) is 4.79 Å². The van der Waals surface area contributed by atoms with Gasteiger partial charge in [-0.15, -0.1) is 24.0 Å². The third-order valence-electron chi connectivity index (χ3n) is 5.33. The summed E-state index contributed by atoms with van der Waals surface area (Å²) in [6.45, 7) is 4.03. The first kappa shape index (κ1) is 26.8. The third kappa shape index (κ3) is 9.11. The second-order valence-corrected chi connectivity index (χ2v) is 8.37. The zero-order valence-electron chi connectivity index (χ0n) is 19.9. The first-order valence-corrected chi connectivity index (χ1v) is 11.0. The number of nitrogens with zero attached hydrogens (tertiary/aromatic N) is 2. The highest BCUT2D eigenvalue weighted by Crippen LogP contribution is 2.30. The normalized spacial score (nSPS) is 13.0. The van der Waals surface area contributed by atoms with Crippen molar-refractivity contribution in [2.24, 2.45) is 10.9 Å². The van der Waals surface area contributed by atoms with Crippen LogP contribution in [0.25, 0.3) is 0 Å². The molecule has 2 N–H and O–H groups in total. The van der Waals surface area contributed by atoms with E-state index in [0.29, 0.717) is 25.0 Å². The molecule has 2 aromatic carbocycles. The Labute approximate surface area is 214 Å². The molecule has 1 aliphatic rings. The molecule has 3 rings (SSSR count). The van der Waals surface area contributed by atoms with Crippen molar-refractivity contribution in [2.45, 2.75) is 32.9 Å². The Morgan fingerprint density at radius 3 is 2.48 bits per heavy atom. The van der Waals surface area contributed by atoms with Crippen LogP contribution in [0.4, 0.5) is 0 Å². The van der Waals surface area contributed by atoms with Crippen molar-refractivity contribution in [1.29, 1.82) is 0 Å². The number of guanidine groups is 1. The molecule has 1 fully saturated rings. The Hall–Kier alpha value is -2.49. The van der Waals surface area contributed by atoms with Gasteiger partial charge >= 0.3 is 0 Å². The summed E-state index contributed by atoms with van der Waals surface area (Å²) < 4.78 is 11.3. The molecule has 0 radical (unpaired) electrons. The fourth-order valence-electron chi connectivity index (χ4n) is 3.01. The fourth-order valence-corrected chi connectivity index (χ4v) is 3.01. The molecule has 0 atom stereocenters. The van der Waals surface area contributed by atoms with Crippen molar-refractivity contribution in [1.82, 2.24) is 15.5 Å². The van der Waals surface area contributed by atoms with Crippen molar-refractivity contribution >= 4 is 35.8 Å². The topological polar surface area (TPSA) is 75.2 Å². The lowest BCUT2D eigenvalue weighted by Crippen LogP contribution is -2.42. The van der Waals surface area contributed by atoms with Gasteiger partial charge in [0, 0.05) is 26.2 Å².